The van der Waals surface area contributed by atoms with E-state index in [1.807, 2.05) is 0 Å². The Labute approximate surface area is 104 Å². The second-order valence-electron chi connectivity index (χ2n) is 3.57. The van der Waals surface area contributed by atoms with E-state index in [4.69, 9.17) is 35.7 Å². The lowest BCUT2D eigenvalue weighted by atomic mass is 10.0. The van der Waals surface area contributed by atoms with Crippen LogP contribution >= 0.6 is 0 Å². The van der Waals surface area contributed by atoms with E-state index in [-0.39, 0.29) is 5.57 Å². The van der Waals surface area contributed by atoms with Gasteiger partial charge < -0.3 is 35.7 Å². The van der Waals surface area contributed by atoms with E-state index in [0.29, 0.717) is 0 Å². The number of carboxylic acid groups (broad SMARTS) is 1. The molecule has 0 heterocycles. The predicted octanol–water partition coefficient (Wildman–Crippen LogP) is -2.94. The Morgan fingerprint density at radius 1 is 1.00 bits per heavy atom. The van der Waals surface area contributed by atoms with Crippen LogP contribution in [0.15, 0.2) is 12.2 Å². The number of hydrogen-bond acceptors (Lipinski definition) is 7. The van der Waals surface area contributed by atoms with Gasteiger partial charge in [-0.3, -0.25) is 0 Å². The SMILES string of the molecule is C=C(C)C(=O)O.OCC(O)C(O)C(O)C(O)CO. The van der Waals surface area contributed by atoms with Crippen molar-refractivity contribution in [3.8, 4) is 0 Å². The van der Waals surface area contributed by atoms with Gasteiger partial charge in [0.15, 0.2) is 0 Å². The molecule has 0 aliphatic heterocycles. The molecule has 7 N–H and O–H groups in total. The first-order valence-corrected chi connectivity index (χ1v) is 5.01. The van der Waals surface area contributed by atoms with E-state index < -0.39 is 43.6 Å². The Kier molecular flexibility index (Phi) is 10.7. The number of hydrogen-bond donors (Lipinski definition) is 7. The van der Waals surface area contributed by atoms with Crippen molar-refractivity contribution >= 4 is 5.97 Å². The minimum Gasteiger partial charge on any atom is -0.478 e. The van der Waals surface area contributed by atoms with Gasteiger partial charge in [-0.25, -0.2) is 4.79 Å². The van der Waals surface area contributed by atoms with Crippen molar-refractivity contribution in [1.82, 2.24) is 0 Å². The normalized spacial score (nSPS) is 16.8. The van der Waals surface area contributed by atoms with Gasteiger partial charge >= 0.3 is 5.97 Å². The summed E-state index contributed by atoms with van der Waals surface area (Å²) in [6.45, 7) is 3.15. The van der Waals surface area contributed by atoms with Gasteiger partial charge in [0.1, 0.15) is 24.4 Å². The van der Waals surface area contributed by atoms with Gasteiger partial charge in [-0.1, -0.05) is 6.58 Å². The average Bonchev–Trinajstić information content (AvgIpc) is 2.35. The third kappa shape index (κ3) is 8.12. The van der Waals surface area contributed by atoms with Crippen molar-refractivity contribution in [2.24, 2.45) is 0 Å². The van der Waals surface area contributed by atoms with Crippen LogP contribution in [0.3, 0.4) is 0 Å². The van der Waals surface area contributed by atoms with Gasteiger partial charge in [0.25, 0.3) is 0 Å². The summed E-state index contributed by atoms with van der Waals surface area (Å²) in [6.07, 6.45) is -6.39. The fourth-order valence-corrected chi connectivity index (χ4v) is 0.671. The number of carboxylic acids is 1. The zero-order chi connectivity index (χ0) is 14.9. The van der Waals surface area contributed by atoms with Gasteiger partial charge in [-0.15, -0.1) is 0 Å². The minimum absolute atomic E-state index is 0.176. The monoisotopic (exact) mass is 268 g/mol. The average molecular weight is 268 g/mol. The van der Waals surface area contributed by atoms with Gasteiger partial charge in [-0.2, -0.15) is 0 Å². The largest absolute Gasteiger partial charge is 0.478 e. The molecule has 0 aromatic heterocycles. The fourth-order valence-electron chi connectivity index (χ4n) is 0.671. The van der Waals surface area contributed by atoms with E-state index in [2.05, 4.69) is 6.58 Å². The quantitative estimate of drug-likeness (QED) is 0.252. The maximum atomic E-state index is 9.60. The highest BCUT2D eigenvalue weighted by atomic mass is 16.4. The van der Waals surface area contributed by atoms with Gasteiger partial charge in [0, 0.05) is 5.57 Å². The maximum Gasteiger partial charge on any atom is 0.330 e. The third-order valence-corrected chi connectivity index (χ3v) is 1.88. The van der Waals surface area contributed by atoms with Crippen LogP contribution in [0.2, 0.25) is 0 Å². The molecule has 0 saturated carbocycles. The van der Waals surface area contributed by atoms with Crippen molar-refractivity contribution in [1.29, 1.82) is 0 Å². The summed E-state index contributed by atoms with van der Waals surface area (Å²) in [6, 6.07) is 0. The molecule has 8 nitrogen and oxygen atoms in total. The van der Waals surface area contributed by atoms with E-state index in [1.54, 1.807) is 0 Å². The lowest BCUT2D eigenvalue weighted by molar-refractivity contribution is -0.132. The minimum atomic E-state index is -1.67. The molecule has 0 bridgehead atoms. The first kappa shape index (κ1) is 19.3. The maximum absolute atomic E-state index is 9.60. The number of rotatable bonds is 6. The highest BCUT2D eigenvalue weighted by Gasteiger charge is 2.29. The molecule has 0 spiro atoms. The molecule has 0 saturated heterocycles. The van der Waals surface area contributed by atoms with Crippen LogP contribution in [0.5, 0.6) is 0 Å². The molecule has 0 rings (SSSR count). The smallest absolute Gasteiger partial charge is 0.330 e. The molecular formula is C10H20O8. The van der Waals surface area contributed by atoms with E-state index in [0.717, 1.165) is 0 Å². The predicted molar refractivity (Wildman–Crippen MR) is 60.6 cm³/mol. The Morgan fingerprint density at radius 2 is 1.22 bits per heavy atom. The zero-order valence-corrected chi connectivity index (χ0v) is 9.97. The summed E-state index contributed by atoms with van der Waals surface area (Å²) >= 11 is 0. The standard InChI is InChI=1S/C6H14O6.C4H6O2/c7-1-3(9)5(11)6(12)4(10)2-8;1-3(2)4(5)6/h3-12H,1-2H2;1H2,2H3,(H,5,6). The molecule has 0 aromatic rings. The summed E-state index contributed by atoms with van der Waals surface area (Å²) in [5.41, 5.74) is 0.176. The number of aliphatic hydroxyl groups is 6. The van der Waals surface area contributed by atoms with E-state index in [1.165, 1.54) is 6.92 Å². The summed E-state index contributed by atoms with van der Waals surface area (Å²) in [5, 5.41) is 60.1. The second kappa shape index (κ2) is 9.95. The number of aliphatic hydroxyl groups excluding tert-OH is 6. The highest BCUT2D eigenvalue weighted by Crippen LogP contribution is 2.03. The molecule has 18 heavy (non-hydrogen) atoms. The molecule has 0 aromatic carbocycles. The lowest BCUT2D eigenvalue weighted by Crippen LogP contribution is -2.46. The molecule has 0 amide bonds. The van der Waals surface area contributed by atoms with E-state index in [9.17, 15) is 4.79 Å². The van der Waals surface area contributed by atoms with Crippen molar-refractivity contribution in [2.75, 3.05) is 13.2 Å². The Balaban J connectivity index is 0. The molecule has 0 aliphatic carbocycles. The molecule has 4 atom stereocenters. The molecule has 0 radical (unpaired) electrons. The van der Waals surface area contributed by atoms with Crippen molar-refractivity contribution in [3.05, 3.63) is 12.2 Å². The summed E-state index contributed by atoms with van der Waals surface area (Å²) in [5.74, 6) is -0.935. The van der Waals surface area contributed by atoms with Crippen LogP contribution in [0.4, 0.5) is 0 Å². The molecule has 108 valence electrons. The van der Waals surface area contributed by atoms with Crippen molar-refractivity contribution in [2.45, 2.75) is 31.3 Å². The summed E-state index contributed by atoms with van der Waals surface area (Å²) < 4.78 is 0. The van der Waals surface area contributed by atoms with Gasteiger partial charge in [-0.05, 0) is 6.92 Å². The number of carbonyl (C=O) groups is 1. The van der Waals surface area contributed by atoms with Crippen molar-refractivity contribution in [3.63, 3.8) is 0 Å². The van der Waals surface area contributed by atoms with Crippen LogP contribution in [0.25, 0.3) is 0 Å². The van der Waals surface area contributed by atoms with Crippen LogP contribution < -0.4 is 0 Å². The van der Waals surface area contributed by atoms with E-state index >= 15 is 0 Å². The topological polar surface area (TPSA) is 159 Å². The summed E-state index contributed by atoms with van der Waals surface area (Å²) in [7, 11) is 0. The molecular weight excluding hydrogens is 248 g/mol. The second-order valence-corrected chi connectivity index (χ2v) is 3.57. The zero-order valence-electron chi connectivity index (χ0n) is 9.97. The van der Waals surface area contributed by atoms with Crippen LogP contribution in [0, 0.1) is 0 Å². The molecule has 0 aliphatic rings. The van der Waals surface area contributed by atoms with Crippen LogP contribution in [-0.4, -0.2) is 79.3 Å². The lowest BCUT2D eigenvalue weighted by Gasteiger charge is -2.24. The third-order valence-electron chi connectivity index (χ3n) is 1.88. The first-order valence-electron chi connectivity index (χ1n) is 5.01. The Morgan fingerprint density at radius 3 is 1.33 bits per heavy atom. The van der Waals surface area contributed by atoms with Gasteiger partial charge in [0.2, 0.25) is 0 Å². The van der Waals surface area contributed by atoms with Crippen LogP contribution in [0.1, 0.15) is 6.92 Å². The Hall–Kier alpha value is -1.03. The van der Waals surface area contributed by atoms with Crippen LogP contribution in [-0.2, 0) is 4.79 Å². The molecule has 4 unspecified atom stereocenters. The van der Waals surface area contributed by atoms with Crippen molar-refractivity contribution < 1.29 is 40.5 Å². The number of aliphatic carboxylic acids is 1. The highest BCUT2D eigenvalue weighted by molar-refractivity contribution is 5.84. The molecule has 8 heteroatoms. The molecule has 0 fully saturated rings. The fraction of sp³-hybridized carbons (Fsp3) is 0.700. The summed E-state index contributed by atoms with van der Waals surface area (Å²) in [4.78, 5) is 9.60. The first-order chi connectivity index (χ1) is 8.18. The Bertz CT molecular complexity index is 228. The van der Waals surface area contributed by atoms with Gasteiger partial charge in [0.05, 0.1) is 13.2 Å².